The summed E-state index contributed by atoms with van der Waals surface area (Å²) >= 11 is 0. The summed E-state index contributed by atoms with van der Waals surface area (Å²) in [6, 6.07) is 5.89. The molecule has 0 fully saturated rings. The molecule has 3 heteroatoms. The van der Waals surface area contributed by atoms with Crippen LogP contribution in [0.25, 0.3) is 0 Å². The van der Waals surface area contributed by atoms with E-state index in [-0.39, 0.29) is 18.3 Å². The molecule has 2 N–H and O–H groups in total. The molecule has 0 aromatic heterocycles. The fraction of sp³-hybridized carbons (Fsp3) is 0.364. The van der Waals surface area contributed by atoms with Crippen LogP contribution in [0.15, 0.2) is 18.2 Å². The van der Waals surface area contributed by atoms with Crippen LogP contribution in [0.2, 0.25) is 0 Å². The van der Waals surface area contributed by atoms with Crippen molar-refractivity contribution in [1.82, 2.24) is 0 Å². The Bertz CT molecular complexity index is 301. The molecule has 0 aliphatic heterocycles. The van der Waals surface area contributed by atoms with Gasteiger partial charge in [0.1, 0.15) is 0 Å². The maximum atomic E-state index is 11.2. The normalized spacial score (nSPS) is 9.29. The molecule has 1 aromatic carbocycles. The predicted octanol–water partition coefficient (Wildman–Crippen LogP) is 2.33. The van der Waals surface area contributed by atoms with Crippen molar-refractivity contribution in [2.24, 2.45) is 5.73 Å². The van der Waals surface area contributed by atoms with Crippen molar-refractivity contribution in [3.8, 4) is 0 Å². The zero-order chi connectivity index (χ0) is 9.84. The van der Waals surface area contributed by atoms with E-state index in [4.69, 9.17) is 5.73 Å². The van der Waals surface area contributed by atoms with E-state index < -0.39 is 0 Å². The quantitative estimate of drug-likeness (QED) is 0.823. The summed E-state index contributed by atoms with van der Waals surface area (Å²) in [5, 5.41) is 0. The standard InChI is InChI=1S/C11H15NO.ClH/c1-3-8-6-5-7-9(4-2)10(8)11(12)13;/h5-7H,3-4H2,1-2H3,(H2,12,13);1H. The van der Waals surface area contributed by atoms with Gasteiger partial charge < -0.3 is 5.73 Å². The van der Waals surface area contributed by atoms with Crippen LogP contribution in [0.4, 0.5) is 0 Å². The molecule has 2 nitrogen and oxygen atoms in total. The fourth-order valence-electron chi connectivity index (χ4n) is 1.56. The summed E-state index contributed by atoms with van der Waals surface area (Å²) < 4.78 is 0. The van der Waals surface area contributed by atoms with Gasteiger partial charge in [-0.15, -0.1) is 12.4 Å². The summed E-state index contributed by atoms with van der Waals surface area (Å²) in [6.07, 6.45) is 1.71. The Balaban J connectivity index is 0.00000169. The van der Waals surface area contributed by atoms with Gasteiger partial charge in [-0.1, -0.05) is 32.0 Å². The Labute approximate surface area is 90.9 Å². The molecule has 1 aromatic rings. The fourth-order valence-corrected chi connectivity index (χ4v) is 1.56. The minimum atomic E-state index is -0.311. The first-order valence-corrected chi connectivity index (χ1v) is 4.61. The summed E-state index contributed by atoms with van der Waals surface area (Å²) in [4.78, 5) is 11.2. The van der Waals surface area contributed by atoms with Gasteiger partial charge >= 0.3 is 0 Å². The topological polar surface area (TPSA) is 43.1 Å². The highest BCUT2D eigenvalue weighted by Gasteiger charge is 2.10. The number of carbonyl (C=O) groups excluding carboxylic acids is 1. The van der Waals surface area contributed by atoms with Crippen molar-refractivity contribution in [3.63, 3.8) is 0 Å². The van der Waals surface area contributed by atoms with Gasteiger partial charge in [-0.3, -0.25) is 4.79 Å². The monoisotopic (exact) mass is 213 g/mol. The molecular formula is C11H16ClNO. The summed E-state index contributed by atoms with van der Waals surface area (Å²) in [7, 11) is 0. The molecular weight excluding hydrogens is 198 g/mol. The molecule has 0 spiro atoms. The van der Waals surface area contributed by atoms with Crippen LogP contribution < -0.4 is 5.73 Å². The van der Waals surface area contributed by atoms with Crippen molar-refractivity contribution in [1.29, 1.82) is 0 Å². The third kappa shape index (κ3) is 2.48. The Kier molecular flexibility index (Phi) is 5.24. The molecule has 0 saturated carbocycles. The van der Waals surface area contributed by atoms with Gasteiger partial charge in [-0.25, -0.2) is 0 Å². The van der Waals surface area contributed by atoms with Crippen LogP contribution in [0.3, 0.4) is 0 Å². The van der Waals surface area contributed by atoms with Gasteiger partial charge in [-0.2, -0.15) is 0 Å². The number of carbonyl (C=O) groups is 1. The number of primary amides is 1. The molecule has 0 bridgehead atoms. The zero-order valence-corrected chi connectivity index (χ0v) is 9.36. The molecule has 0 radical (unpaired) electrons. The molecule has 0 aliphatic carbocycles. The van der Waals surface area contributed by atoms with E-state index in [9.17, 15) is 4.79 Å². The molecule has 1 amide bonds. The second kappa shape index (κ2) is 5.66. The molecule has 14 heavy (non-hydrogen) atoms. The van der Waals surface area contributed by atoms with Crippen molar-refractivity contribution in [2.75, 3.05) is 0 Å². The minimum Gasteiger partial charge on any atom is -0.366 e. The molecule has 0 heterocycles. The number of rotatable bonds is 3. The third-order valence-electron chi connectivity index (χ3n) is 2.25. The number of benzene rings is 1. The Hall–Kier alpha value is -1.02. The van der Waals surface area contributed by atoms with Gasteiger partial charge in [0, 0.05) is 5.56 Å². The van der Waals surface area contributed by atoms with E-state index in [1.165, 1.54) is 0 Å². The van der Waals surface area contributed by atoms with E-state index in [1.54, 1.807) is 0 Å². The van der Waals surface area contributed by atoms with Crippen molar-refractivity contribution in [2.45, 2.75) is 26.7 Å². The number of hydrogen-bond donors (Lipinski definition) is 1. The highest BCUT2D eigenvalue weighted by atomic mass is 35.5. The molecule has 0 saturated heterocycles. The third-order valence-corrected chi connectivity index (χ3v) is 2.25. The Morgan fingerprint density at radius 2 is 1.64 bits per heavy atom. The second-order valence-electron chi connectivity index (χ2n) is 3.02. The first kappa shape index (κ1) is 13.0. The van der Waals surface area contributed by atoms with Gasteiger partial charge in [0.05, 0.1) is 0 Å². The van der Waals surface area contributed by atoms with Crippen LogP contribution >= 0.6 is 12.4 Å². The maximum Gasteiger partial charge on any atom is 0.249 e. The first-order chi connectivity index (χ1) is 6.20. The summed E-state index contributed by atoms with van der Waals surface area (Å²) in [6.45, 7) is 4.06. The minimum absolute atomic E-state index is 0. The highest BCUT2D eigenvalue weighted by molar-refractivity contribution is 5.95. The Morgan fingerprint density at radius 3 is 1.93 bits per heavy atom. The zero-order valence-electron chi connectivity index (χ0n) is 8.54. The lowest BCUT2D eigenvalue weighted by Gasteiger charge is -2.08. The smallest absolute Gasteiger partial charge is 0.249 e. The number of amides is 1. The van der Waals surface area contributed by atoms with Crippen LogP contribution in [0, 0.1) is 0 Å². The molecule has 0 atom stereocenters. The van der Waals surface area contributed by atoms with E-state index in [2.05, 4.69) is 0 Å². The molecule has 0 unspecified atom stereocenters. The number of hydrogen-bond acceptors (Lipinski definition) is 1. The molecule has 78 valence electrons. The average molecular weight is 214 g/mol. The first-order valence-electron chi connectivity index (χ1n) is 4.61. The van der Waals surface area contributed by atoms with Crippen LogP contribution in [-0.2, 0) is 12.8 Å². The predicted molar refractivity (Wildman–Crippen MR) is 61.0 cm³/mol. The molecule has 1 rings (SSSR count). The van der Waals surface area contributed by atoms with E-state index in [1.807, 2.05) is 32.0 Å². The summed E-state index contributed by atoms with van der Waals surface area (Å²) in [5.41, 5.74) is 8.14. The largest absolute Gasteiger partial charge is 0.366 e. The van der Waals surface area contributed by atoms with Crippen LogP contribution in [0.5, 0.6) is 0 Å². The maximum absolute atomic E-state index is 11.2. The van der Waals surface area contributed by atoms with E-state index in [0.29, 0.717) is 5.56 Å². The SMILES string of the molecule is CCc1cccc(CC)c1C(N)=O.Cl. The lowest BCUT2D eigenvalue weighted by atomic mass is 9.97. The summed E-state index contributed by atoms with van der Waals surface area (Å²) in [5.74, 6) is -0.311. The lowest BCUT2D eigenvalue weighted by Crippen LogP contribution is -2.16. The second-order valence-corrected chi connectivity index (χ2v) is 3.02. The highest BCUT2D eigenvalue weighted by Crippen LogP contribution is 2.15. The average Bonchev–Trinajstić information content (AvgIpc) is 2.16. The number of halogens is 1. The Morgan fingerprint density at radius 1 is 1.21 bits per heavy atom. The van der Waals surface area contributed by atoms with Crippen molar-refractivity contribution in [3.05, 3.63) is 34.9 Å². The van der Waals surface area contributed by atoms with Crippen molar-refractivity contribution >= 4 is 18.3 Å². The van der Waals surface area contributed by atoms with Crippen molar-refractivity contribution < 1.29 is 4.79 Å². The number of nitrogens with two attached hydrogens (primary N) is 1. The van der Waals surface area contributed by atoms with E-state index >= 15 is 0 Å². The van der Waals surface area contributed by atoms with E-state index in [0.717, 1.165) is 24.0 Å². The van der Waals surface area contributed by atoms with Gasteiger partial charge in [0.2, 0.25) is 5.91 Å². The van der Waals surface area contributed by atoms with Gasteiger partial charge in [0.25, 0.3) is 0 Å². The van der Waals surface area contributed by atoms with Gasteiger partial charge in [0.15, 0.2) is 0 Å². The molecule has 0 aliphatic rings. The number of aryl methyl sites for hydroxylation is 2. The lowest BCUT2D eigenvalue weighted by molar-refractivity contribution is 0.0998. The van der Waals surface area contributed by atoms with Crippen LogP contribution in [-0.4, -0.2) is 5.91 Å². The van der Waals surface area contributed by atoms with Gasteiger partial charge in [-0.05, 0) is 24.0 Å². The van der Waals surface area contributed by atoms with Crippen LogP contribution in [0.1, 0.15) is 35.3 Å².